The molecule has 0 saturated heterocycles. The lowest BCUT2D eigenvalue weighted by molar-refractivity contribution is -0.148. The van der Waals surface area contributed by atoms with Crippen LogP contribution in [-0.2, 0) is 24.3 Å². The molecule has 1 amide bonds. The van der Waals surface area contributed by atoms with Gasteiger partial charge in [0.25, 0.3) is 5.91 Å². The highest BCUT2D eigenvalue weighted by molar-refractivity contribution is 7.89. The van der Waals surface area contributed by atoms with Gasteiger partial charge in [-0.2, -0.15) is 4.31 Å². The summed E-state index contributed by atoms with van der Waals surface area (Å²) >= 11 is 0. The van der Waals surface area contributed by atoms with Crippen LogP contribution in [0, 0.1) is 5.82 Å². The Hall–Kier alpha value is -2.78. The molecule has 0 fully saturated rings. The molecule has 0 aliphatic rings. The smallest absolute Gasteiger partial charge is 0.321 e. The summed E-state index contributed by atoms with van der Waals surface area (Å²) in [5, 5.41) is 2.68. The summed E-state index contributed by atoms with van der Waals surface area (Å²) in [6.07, 6.45) is 0. The molecule has 0 aromatic heterocycles. The molecule has 0 saturated carbocycles. The molecule has 150 valence electrons. The summed E-state index contributed by atoms with van der Waals surface area (Å²) < 4.78 is 43.2. The van der Waals surface area contributed by atoms with E-state index in [-0.39, 0.29) is 10.9 Å². The van der Waals surface area contributed by atoms with E-state index in [1.165, 1.54) is 7.05 Å². The Bertz CT molecular complexity index is 917. The first-order valence-electron chi connectivity index (χ1n) is 8.42. The van der Waals surface area contributed by atoms with Gasteiger partial charge in [-0.25, -0.2) is 12.8 Å². The number of sulfonamides is 1. The molecule has 28 heavy (non-hydrogen) atoms. The van der Waals surface area contributed by atoms with E-state index in [9.17, 15) is 22.4 Å². The third-order valence-corrected chi connectivity index (χ3v) is 5.73. The molecule has 1 N–H and O–H groups in total. The molecule has 0 aliphatic heterocycles. The number of carbonyl (C=O) groups excluding carboxylic acids is 2. The van der Waals surface area contributed by atoms with Crippen molar-refractivity contribution in [1.29, 1.82) is 0 Å². The number of nitrogens with one attached hydrogen (secondary N) is 1. The first-order chi connectivity index (χ1) is 13.2. The second kappa shape index (κ2) is 9.43. The van der Waals surface area contributed by atoms with Crippen molar-refractivity contribution in [2.75, 3.05) is 20.2 Å². The van der Waals surface area contributed by atoms with E-state index in [4.69, 9.17) is 4.74 Å². The fourth-order valence-electron chi connectivity index (χ4n) is 2.35. The fraction of sp³-hybridized carbons (Fsp3) is 0.263. The lowest BCUT2D eigenvalue weighted by Crippen LogP contribution is -2.36. The van der Waals surface area contributed by atoms with Crippen molar-refractivity contribution in [2.45, 2.75) is 17.9 Å². The van der Waals surface area contributed by atoms with Crippen LogP contribution in [-0.4, -0.2) is 44.8 Å². The average molecular weight is 408 g/mol. The molecule has 0 bridgehead atoms. The van der Waals surface area contributed by atoms with E-state index in [2.05, 4.69) is 5.32 Å². The predicted octanol–water partition coefficient (Wildman–Crippen LogP) is 1.87. The molecule has 1 unspecified atom stereocenters. The fourth-order valence-corrected chi connectivity index (χ4v) is 3.47. The number of ether oxygens (including phenoxy) is 1. The molecule has 0 aliphatic carbocycles. The van der Waals surface area contributed by atoms with Gasteiger partial charge in [0.15, 0.2) is 6.61 Å². The standard InChI is InChI=1S/C19H21FN2O5S/c1-14(15-6-4-3-5-7-15)21-18(23)13-27-19(24)12-22(2)28(25,26)17-10-8-16(20)9-11-17/h3-11,14H,12-13H2,1-2H3,(H,21,23). The Balaban J connectivity index is 1.84. The van der Waals surface area contributed by atoms with Gasteiger partial charge in [-0.3, -0.25) is 9.59 Å². The zero-order valence-corrected chi connectivity index (χ0v) is 16.3. The lowest BCUT2D eigenvalue weighted by Gasteiger charge is -2.17. The van der Waals surface area contributed by atoms with Crippen molar-refractivity contribution >= 4 is 21.9 Å². The number of benzene rings is 2. The van der Waals surface area contributed by atoms with Crippen molar-refractivity contribution in [2.24, 2.45) is 0 Å². The number of hydrogen-bond donors (Lipinski definition) is 1. The predicted molar refractivity (Wildman–Crippen MR) is 100 cm³/mol. The Morgan fingerprint density at radius 2 is 1.71 bits per heavy atom. The van der Waals surface area contributed by atoms with E-state index in [1.807, 2.05) is 30.3 Å². The van der Waals surface area contributed by atoms with E-state index >= 15 is 0 Å². The van der Waals surface area contributed by atoms with Gasteiger partial charge in [-0.15, -0.1) is 0 Å². The Kier molecular flexibility index (Phi) is 7.24. The number of likely N-dealkylation sites (N-methyl/N-ethyl adjacent to an activating group) is 1. The third kappa shape index (κ3) is 5.86. The summed E-state index contributed by atoms with van der Waals surface area (Å²) in [4.78, 5) is 23.6. The highest BCUT2D eigenvalue weighted by Gasteiger charge is 2.24. The topological polar surface area (TPSA) is 92.8 Å². The number of hydrogen-bond acceptors (Lipinski definition) is 5. The van der Waals surface area contributed by atoms with Gasteiger partial charge in [0.05, 0.1) is 10.9 Å². The van der Waals surface area contributed by atoms with E-state index in [1.54, 1.807) is 6.92 Å². The molecule has 2 rings (SSSR count). The van der Waals surface area contributed by atoms with Crippen molar-refractivity contribution < 1.29 is 27.1 Å². The summed E-state index contributed by atoms with van der Waals surface area (Å²) in [5.74, 6) is -1.96. The number of amides is 1. The molecular weight excluding hydrogens is 387 g/mol. The molecule has 1 atom stereocenters. The van der Waals surface area contributed by atoms with E-state index in [0.717, 1.165) is 34.1 Å². The van der Waals surface area contributed by atoms with Crippen LogP contribution in [0.1, 0.15) is 18.5 Å². The summed E-state index contributed by atoms with van der Waals surface area (Å²) in [7, 11) is -2.79. The lowest BCUT2D eigenvalue weighted by atomic mass is 10.1. The van der Waals surface area contributed by atoms with E-state index < -0.39 is 40.9 Å². The van der Waals surface area contributed by atoms with Crippen LogP contribution in [0.2, 0.25) is 0 Å². The van der Waals surface area contributed by atoms with Crippen molar-refractivity contribution in [3.63, 3.8) is 0 Å². The number of nitrogens with zero attached hydrogens (tertiary/aromatic N) is 1. The molecular formula is C19H21FN2O5S. The maximum Gasteiger partial charge on any atom is 0.321 e. The van der Waals surface area contributed by atoms with Gasteiger partial charge in [0.2, 0.25) is 10.0 Å². The first kappa shape index (κ1) is 21.5. The zero-order valence-electron chi connectivity index (χ0n) is 15.5. The molecule has 0 radical (unpaired) electrons. The van der Waals surface area contributed by atoms with Gasteiger partial charge in [-0.05, 0) is 36.8 Å². The number of halogens is 1. The van der Waals surface area contributed by atoms with Crippen LogP contribution in [0.15, 0.2) is 59.5 Å². The molecule has 0 spiro atoms. The van der Waals surface area contributed by atoms with E-state index in [0.29, 0.717) is 0 Å². The number of carbonyl (C=O) groups is 2. The minimum Gasteiger partial charge on any atom is -0.455 e. The van der Waals surface area contributed by atoms with Crippen LogP contribution in [0.25, 0.3) is 0 Å². The number of rotatable bonds is 8. The maximum atomic E-state index is 12.9. The second-order valence-corrected chi connectivity index (χ2v) is 8.12. The summed E-state index contributed by atoms with van der Waals surface area (Å²) in [6, 6.07) is 13.2. The Morgan fingerprint density at radius 3 is 2.32 bits per heavy atom. The maximum absolute atomic E-state index is 12.9. The van der Waals surface area contributed by atoms with Crippen molar-refractivity contribution in [3.05, 3.63) is 66.0 Å². The molecule has 0 heterocycles. The summed E-state index contributed by atoms with van der Waals surface area (Å²) in [6.45, 7) is 0.680. The molecule has 2 aromatic carbocycles. The molecule has 7 nitrogen and oxygen atoms in total. The van der Waals surface area contributed by atoms with Gasteiger partial charge < -0.3 is 10.1 Å². The van der Waals surface area contributed by atoms with Crippen molar-refractivity contribution in [1.82, 2.24) is 9.62 Å². The van der Waals surface area contributed by atoms with Gasteiger partial charge >= 0.3 is 5.97 Å². The molecule has 9 heteroatoms. The largest absolute Gasteiger partial charge is 0.455 e. The zero-order chi connectivity index (χ0) is 20.7. The minimum absolute atomic E-state index is 0.154. The normalized spacial score (nSPS) is 12.4. The van der Waals surface area contributed by atoms with Gasteiger partial charge in [0.1, 0.15) is 12.4 Å². The van der Waals surface area contributed by atoms with Crippen LogP contribution in [0.4, 0.5) is 4.39 Å². The van der Waals surface area contributed by atoms with Crippen LogP contribution >= 0.6 is 0 Å². The third-order valence-electron chi connectivity index (χ3n) is 3.91. The van der Waals surface area contributed by atoms with Crippen molar-refractivity contribution in [3.8, 4) is 0 Å². The Labute approximate surface area is 163 Å². The second-order valence-electron chi connectivity index (χ2n) is 6.08. The number of esters is 1. The van der Waals surface area contributed by atoms with Gasteiger partial charge in [-0.1, -0.05) is 30.3 Å². The van der Waals surface area contributed by atoms with Crippen LogP contribution < -0.4 is 5.32 Å². The quantitative estimate of drug-likeness (QED) is 0.673. The molecule has 2 aromatic rings. The van der Waals surface area contributed by atoms with Gasteiger partial charge in [0, 0.05) is 7.05 Å². The monoisotopic (exact) mass is 408 g/mol. The first-order valence-corrected chi connectivity index (χ1v) is 9.86. The summed E-state index contributed by atoms with van der Waals surface area (Å²) in [5.41, 5.74) is 0.896. The minimum atomic E-state index is -3.98. The Morgan fingerprint density at radius 1 is 1.11 bits per heavy atom. The van der Waals surface area contributed by atoms with Crippen LogP contribution in [0.5, 0.6) is 0 Å². The highest BCUT2D eigenvalue weighted by atomic mass is 32.2. The highest BCUT2D eigenvalue weighted by Crippen LogP contribution is 2.15. The van der Waals surface area contributed by atoms with Crippen LogP contribution in [0.3, 0.4) is 0 Å². The average Bonchev–Trinajstić information content (AvgIpc) is 2.67. The SMILES string of the molecule is CC(NC(=O)COC(=O)CN(C)S(=O)(=O)c1ccc(F)cc1)c1ccccc1.